The lowest BCUT2D eigenvalue weighted by Crippen LogP contribution is -2.33. The third kappa shape index (κ3) is 7.06. The lowest BCUT2D eigenvalue weighted by Gasteiger charge is -2.18. The second-order valence-corrected chi connectivity index (χ2v) is 4.69. The molecule has 1 amide bonds. The number of carbonyl (C=O) groups excluding carboxylic acids is 1. The second kappa shape index (κ2) is 10.6. The van der Waals surface area contributed by atoms with Crippen LogP contribution in [-0.4, -0.2) is 50.8 Å². The third-order valence-electron chi connectivity index (χ3n) is 2.84. The number of methoxy groups -OCH3 is 1. The molecule has 0 fully saturated rings. The molecule has 5 heteroatoms. The zero-order chi connectivity index (χ0) is 16.2. The number of carbonyl (C=O) groups is 1. The number of rotatable bonds is 11. The van der Waals surface area contributed by atoms with Crippen LogP contribution in [0.4, 0.5) is 5.69 Å². The van der Waals surface area contributed by atoms with Crippen molar-refractivity contribution >= 4 is 11.6 Å². The quantitative estimate of drug-likeness (QED) is 0.503. The monoisotopic (exact) mass is 304 g/mol. The van der Waals surface area contributed by atoms with E-state index in [1.54, 1.807) is 19.3 Å². The molecule has 1 N–H and O–H groups in total. The van der Waals surface area contributed by atoms with E-state index < -0.39 is 0 Å². The summed E-state index contributed by atoms with van der Waals surface area (Å²) >= 11 is 0. The summed E-state index contributed by atoms with van der Waals surface area (Å²) in [7, 11) is 1.63. The average molecular weight is 304 g/mol. The summed E-state index contributed by atoms with van der Waals surface area (Å²) in [4.78, 5) is 13.9. The van der Waals surface area contributed by atoms with Crippen LogP contribution in [-0.2, 0) is 9.53 Å². The van der Waals surface area contributed by atoms with Gasteiger partial charge in [0, 0.05) is 25.9 Å². The third-order valence-corrected chi connectivity index (χ3v) is 2.84. The van der Waals surface area contributed by atoms with E-state index in [-0.39, 0.29) is 5.91 Å². The number of hydrogen-bond donors (Lipinski definition) is 1. The molecule has 22 heavy (non-hydrogen) atoms. The number of nitrogens with one attached hydrogen (secondary N) is 1. The molecule has 0 spiro atoms. The van der Waals surface area contributed by atoms with E-state index in [1.165, 1.54) is 0 Å². The smallest absolute Gasteiger partial charge is 0.238 e. The van der Waals surface area contributed by atoms with Crippen LogP contribution in [0.25, 0.3) is 0 Å². The van der Waals surface area contributed by atoms with E-state index in [2.05, 4.69) is 18.5 Å². The molecule has 0 aliphatic heterocycles. The highest BCUT2D eigenvalue weighted by Crippen LogP contribution is 2.15. The maximum absolute atomic E-state index is 12.0. The van der Waals surface area contributed by atoms with Gasteiger partial charge in [-0.3, -0.25) is 9.69 Å². The van der Waals surface area contributed by atoms with Crippen molar-refractivity contribution in [2.75, 3.05) is 45.3 Å². The first kappa shape index (κ1) is 17.9. The molecule has 5 nitrogen and oxygen atoms in total. The molecule has 0 saturated heterocycles. The van der Waals surface area contributed by atoms with Crippen LogP contribution in [0, 0.1) is 0 Å². The van der Waals surface area contributed by atoms with Gasteiger partial charge in [0.05, 0.1) is 13.2 Å². The first-order chi connectivity index (χ1) is 10.7. The molecule has 0 aliphatic carbocycles. The molecule has 1 aromatic carbocycles. The summed E-state index contributed by atoms with van der Waals surface area (Å²) in [5.74, 6) is 0.673. The lowest BCUT2D eigenvalue weighted by molar-refractivity contribution is -0.117. The zero-order valence-electron chi connectivity index (χ0n) is 13.1. The standard InChI is InChI=1S/C17H24N2O3/c1-4-10-19(11-5-2)14-17(20)18-15-6-8-16(9-7-15)22-13-12-21-3/h4-9H,1-2,10-14H2,3H3,(H,18,20). The maximum Gasteiger partial charge on any atom is 0.238 e. The Labute approximate surface area is 132 Å². The van der Waals surface area contributed by atoms with Crippen molar-refractivity contribution in [2.24, 2.45) is 0 Å². The Bertz CT molecular complexity index is 461. The van der Waals surface area contributed by atoms with Crippen LogP contribution < -0.4 is 10.1 Å². The fourth-order valence-electron chi connectivity index (χ4n) is 1.85. The van der Waals surface area contributed by atoms with Crippen molar-refractivity contribution in [3.05, 3.63) is 49.6 Å². The van der Waals surface area contributed by atoms with Crippen molar-refractivity contribution in [2.45, 2.75) is 0 Å². The molecule has 1 aromatic rings. The molecule has 0 unspecified atom stereocenters. The van der Waals surface area contributed by atoms with Crippen LogP contribution in [0.5, 0.6) is 5.75 Å². The molecule has 0 heterocycles. The van der Waals surface area contributed by atoms with Gasteiger partial charge in [-0.15, -0.1) is 13.2 Å². The van der Waals surface area contributed by atoms with Crippen LogP contribution in [0.1, 0.15) is 0 Å². The van der Waals surface area contributed by atoms with Crippen LogP contribution in [0.15, 0.2) is 49.6 Å². The highest BCUT2D eigenvalue weighted by atomic mass is 16.5. The largest absolute Gasteiger partial charge is 0.491 e. The Hall–Kier alpha value is -2.11. The molecule has 0 atom stereocenters. The van der Waals surface area contributed by atoms with Gasteiger partial charge < -0.3 is 14.8 Å². The highest BCUT2D eigenvalue weighted by Gasteiger charge is 2.08. The van der Waals surface area contributed by atoms with Crippen molar-refractivity contribution in [1.82, 2.24) is 4.90 Å². The molecule has 120 valence electrons. The summed E-state index contributed by atoms with van der Waals surface area (Å²) < 4.78 is 10.4. The summed E-state index contributed by atoms with van der Waals surface area (Å²) in [6.07, 6.45) is 3.53. The second-order valence-electron chi connectivity index (χ2n) is 4.69. The Morgan fingerprint density at radius 2 is 1.82 bits per heavy atom. The minimum Gasteiger partial charge on any atom is -0.491 e. The van der Waals surface area contributed by atoms with Crippen molar-refractivity contribution in [3.8, 4) is 5.75 Å². The van der Waals surface area contributed by atoms with Gasteiger partial charge in [0.15, 0.2) is 0 Å². The number of nitrogens with zero attached hydrogens (tertiary/aromatic N) is 1. The number of anilines is 1. The highest BCUT2D eigenvalue weighted by molar-refractivity contribution is 5.92. The summed E-state index contributed by atoms with van der Waals surface area (Å²) in [6.45, 7) is 10.00. The van der Waals surface area contributed by atoms with Crippen molar-refractivity contribution in [3.63, 3.8) is 0 Å². The molecule has 0 aromatic heterocycles. The Morgan fingerprint density at radius 1 is 1.18 bits per heavy atom. The number of ether oxygens (including phenoxy) is 2. The van der Waals surface area contributed by atoms with E-state index in [0.717, 1.165) is 11.4 Å². The predicted molar refractivity (Wildman–Crippen MR) is 89.3 cm³/mol. The fourth-order valence-corrected chi connectivity index (χ4v) is 1.85. The summed E-state index contributed by atoms with van der Waals surface area (Å²) in [6, 6.07) is 7.25. The van der Waals surface area contributed by atoms with E-state index in [1.807, 2.05) is 29.2 Å². The maximum atomic E-state index is 12.0. The molecule has 0 aliphatic rings. The molecule has 0 bridgehead atoms. The van der Waals surface area contributed by atoms with Gasteiger partial charge in [0.25, 0.3) is 0 Å². The van der Waals surface area contributed by atoms with Crippen molar-refractivity contribution in [1.29, 1.82) is 0 Å². The van der Waals surface area contributed by atoms with Gasteiger partial charge in [0.2, 0.25) is 5.91 Å². The molecule has 0 radical (unpaired) electrons. The van der Waals surface area contributed by atoms with Gasteiger partial charge in [0.1, 0.15) is 12.4 Å². The van der Waals surface area contributed by atoms with E-state index >= 15 is 0 Å². The Kier molecular flexibility index (Phi) is 8.64. The number of amides is 1. The number of benzene rings is 1. The summed E-state index contributed by atoms with van der Waals surface area (Å²) in [5, 5.41) is 2.85. The minimum atomic E-state index is -0.0725. The SMILES string of the molecule is C=CCN(CC=C)CC(=O)Nc1ccc(OCCOC)cc1. The first-order valence-electron chi connectivity index (χ1n) is 7.15. The van der Waals surface area contributed by atoms with Crippen LogP contribution in [0.2, 0.25) is 0 Å². The normalized spacial score (nSPS) is 10.3. The van der Waals surface area contributed by atoms with Gasteiger partial charge in [-0.1, -0.05) is 12.2 Å². The van der Waals surface area contributed by atoms with Crippen LogP contribution >= 0.6 is 0 Å². The van der Waals surface area contributed by atoms with E-state index in [9.17, 15) is 4.79 Å². The van der Waals surface area contributed by atoms with Gasteiger partial charge in [-0.25, -0.2) is 0 Å². The van der Waals surface area contributed by atoms with E-state index in [4.69, 9.17) is 9.47 Å². The number of hydrogen-bond acceptors (Lipinski definition) is 4. The lowest BCUT2D eigenvalue weighted by atomic mass is 10.3. The fraction of sp³-hybridized carbons (Fsp3) is 0.353. The molecule has 1 rings (SSSR count). The zero-order valence-corrected chi connectivity index (χ0v) is 13.1. The summed E-state index contributed by atoms with van der Waals surface area (Å²) in [5.41, 5.74) is 0.737. The first-order valence-corrected chi connectivity index (χ1v) is 7.15. The average Bonchev–Trinajstić information content (AvgIpc) is 2.50. The molecular formula is C17H24N2O3. The van der Waals surface area contributed by atoms with Crippen LogP contribution in [0.3, 0.4) is 0 Å². The minimum absolute atomic E-state index is 0.0725. The Morgan fingerprint density at radius 3 is 2.36 bits per heavy atom. The van der Waals surface area contributed by atoms with E-state index in [0.29, 0.717) is 32.8 Å². The molecular weight excluding hydrogens is 280 g/mol. The van der Waals surface area contributed by atoms with Gasteiger partial charge >= 0.3 is 0 Å². The molecule has 0 saturated carbocycles. The van der Waals surface area contributed by atoms with Crippen molar-refractivity contribution < 1.29 is 14.3 Å². The Balaban J connectivity index is 2.46. The topological polar surface area (TPSA) is 50.8 Å². The predicted octanol–water partition coefficient (Wildman–Crippen LogP) is 2.32. The van der Waals surface area contributed by atoms with Gasteiger partial charge in [-0.05, 0) is 24.3 Å². The van der Waals surface area contributed by atoms with Gasteiger partial charge in [-0.2, -0.15) is 0 Å².